The van der Waals surface area contributed by atoms with Crippen LogP contribution < -0.4 is 5.43 Å². The van der Waals surface area contributed by atoms with E-state index >= 15 is 0 Å². The van der Waals surface area contributed by atoms with Crippen molar-refractivity contribution >= 4 is 27.4 Å². The lowest BCUT2D eigenvalue weighted by atomic mass is 10.0. The minimum atomic E-state index is -3.72. The zero-order valence-electron chi connectivity index (χ0n) is 18.4. The molecular weight excluding hydrogens is 438 g/mol. The number of hydrazone groups is 1. The van der Waals surface area contributed by atoms with E-state index in [1.807, 2.05) is 6.07 Å². The van der Waals surface area contributed by atoms with E-state index in [1.54, 1.807) is 68.4 Å². The second-order valence-electron chi connectivity index (χ2n) is 7.08. The van der Waals surface area contributed by atoms with Crippen molar-refractivity contribution in [2.75, 3.05) is 13.1 Å². The number of Topliss-reactive ketones (excluding diaryl/α,β-unsaturated/α-hetero) is 1. The number of hydrogen-bond donors (Lipinski definition) is 1. The van der Waals surface area contributed by atoms with E-state index in [-0.39, 0.29) is 22.0 Å². The molecule has 3 aromatic carbocycles. The molecule has 0 aliphatic heterocycles. The molecule has 170 valence electrons. The molecule has 0 aliphatic carbocycles. The quantitative estimate of drug-likeness (QED) is 0.297. The van der Waals surface area contributed by atoms with Gasteiger partial charge in [0.25, 0.3) is 5.91 Å². The van der Waals surface area contributed by atoms with Crippen molar-refractivity contribution in [1.29, 1.82) is 0 Å². The second kappa shape index (κ2) is 10.8. The molecule has 0 aromatic heterocycles. The molecule has 0 saturated carbocycles. The number of hydrogen-bond acceptors (Lipinski definition) is 5. The molecule has 0 radical (unpaired) electrons. The van der Waals surface area contributed by atoms with Gasteiger partial charge >= 0.3 is 0 Å². The molecule has 1 N–H and O–H groups in total. The Morgan fingerprint density at radius 3 is 1.91 bits per heavy atom. The van der Waals surface area contributed by atoms with Gasteiger partial charge in [-0.1, -0.05) is 80.6 Å². The molecule has 0 atom stereocenters. The van der Waals surface area contributed by atoms with Crippen LogP contribution in [-0.2, 0) is 10.0 Å². The first-order valence-corrected chi connectivity index (χ1v) is 12.0. The molecule has 1 amide bonds. The van der Waals surface area contributed by atoms with E-state index in [0.29, 0.717) is 24.2 Å². The maximum atomic E-state index is 13.1. The molecule has 33 heavy (non-hydrogen) atoms. The van der Waals surface area contributed by atoms with Crippen molar-refractivity contribution in [1.82, 2.24) is 9.73 Å². The van der Waals surface area contributed by atoms with E-state index < -0.39 is 15.9 Å². The van der Waals surface area contributed by atoms with Gasteiger partial charge in [0.15, 0.2) is 0 Å². The number of nitrogens with one attached hydrogen (secondary N) is 1. The Hall–Kier alpha value is -3.62. The molecule has 3 rings (SSSR count). The van der Waals surface area contributed by atoms with E-state index in [9.17, 15) is 18.0 Å². The first kappa shape index (κ1) is 24.0. The third-order valence-electron chi connectivity index (χ3n) is 5.01. The van der Waals surface area contributed by atoms with Crippen LogP contribution in [0.3, 0.4) is 0 Å². The number of carbonyl (C=O) groups is 2. The maximum absolute atomic E-state index is 13.1. The number of benzene rings is 3. The van der Waals surface area contributed by atoms with Crippen LogP contribution in [0.25, 0.3) is 0 Å². The van der Waals surface area contributed by atoms with Crippen molar-refractivity contribution in [3.05, 3.63) is 102 Å². The van der Waals surface area contributed by atoms with Gasteiger partial charge in [0.2, 0.25) is 15.8 Å². The van der Waals surface area contributed by atoms with Crippen LogP contribution in [0.5, 0.6) is 0 Å². The fourth-order valence-electron chi connectivity index (χ4n) is 3.25. The van der Waals surface area contributed by atoms with Gasteiger partial charge in [0.05, 0.1) is 4.90 Å². The standard InChI is InChI=1S/C25H25N3O4S/c1-3-28(4-2)33(31,32)22-17-11-16-21(18-22)25(30)27-26-23(19-12-7-5-8-13-19)24(29)20-14-9-6-10-15-20/h5-18H,3-4H2,1-2H3,(H,27,30)/b26-23-. The van der Waals surface area contributed by atoms with Crippen molar-refractivity contribution in [3.8, 4) is 0 Å². The van der Waals surface area contributed by atoms with Crippen LogP contribution in [-0.4, -0.2) is 43.2 Å². The smallest absolute Gasteiger partial charge is 0.271 e. The second-order valence-corrected chi connectivity index (χ2v) is 9.02. The highest BCUT2D eigenvalue weighted by Gasteiger charge is 2.23. The first-order chi connectivity index (χ1) is 15.9. The Balaban J connectivity index is 1.91. The molecule has 0 aliphatic rings. The van der Waals surface area contributed by atoms with Gasteiger partial charge in [-0.2, -0.15) is 9.41 Å². The van der Waals surface area contributed by atoms with Crippen molar-refractivity contribution in [3.63, 3.8) is 0 Å². The Morgan fingerprint density at radius 2 is 1.33 bits per heavy atom. The van der Waals surface area contributed by atoms with Crippen LogP contribution in [0.1, 0.15) is 40.1 Å². The SMILES string of the molecule is CCN(CC)S(=O)(=O)c1cccc(C(=O)N/N=C(\C(=O)c2ccccc2)c2ccccc2)c1. The number of rotatable bonds is 9. The normalized spacial score (nSPS) is 11.9. The summed E-state index contributed by atoms with van der Waals surface area (Å²) in [6.07, 6.45) is 0. The predicted molar refractivity (Wildman–Crippen MR) is 128 cm³/mol. The third-order valence-corrected chi connectivity index (χ3v) is 7.05. The van der Waals surface area contributed by atoms with Gasteiger partial charge in [-0.05, 0) is 18.2 Å². The molecule has 0 fully saturated rings. The van der Waals surface area contributed by atoms with Gasteiger partial charge in [0, 0.05) is 29.8 Å². The molecule has 0 saturated heterocycles. The highest BCUT2D eigenvalue weighted by atomic mass is 32.2. The number of nitrogens with zero attached hydrogens (tertiary/aromatic N) is 2. The summed E-state index contributed by atoms with van der Waals surface area (Å²) in [5.41, 5.74) is 3.57. The Morgan fingerprint density at radius 1 is 0.788 bits per heavy atom. The molecule has 8 heteroatoms. The number of amides is 1. The Kier molecular flexibility index (Phi) is 7.87. The van der Waals surface area contributed by atoms with Crippen molar-refractivity contribution in [2.24, 2.45) is 5.10 Å². The lowest BCUT2D eigenvalue weighted by molar-refractivity contribution is 0.0954. The van der Waals surface area contributed by atoms with Gasteiger partial charge in [-0.3, -0.25) is 9.59 Å². The predicted octanol–water partition coefficient (Wildman–Crippen LogP) is 3.73. The molecular formula is C25H25N3O4S. The highest BCUT2D eigenvalue weighted by molar-refractivity contribution is 7.89. The van der Waals surface area contributed by atoms with Crippen LogP contribution >= 0.6 is 0 Å². The Bertz CT molecular complexity index is 1250. The van der Waals surface area contributed by atoms with Crippen LogP contribution in [0, 0.1) is 0 Å². The molecule has 0 bridgehead atoms. The van der Waals surface area contributed by atoms with Crippen LogP contribution in [0.2, 0.25) is 0 Å². The zero-order valence-corrected chi connectivity index (χ0v) is 19.2. The Labute approximate surface area is 193 Å². The largest absolute Gasteiger partial charge is 0.287 e. The van der Waals surface area contributed by atoms with E-state index in [2.05, 4.69) is 10.5 Å². The first-order valence-electron chi connectivity index (χ1n) is 10.5. The maximum Gasteiger partial charge on any atom is 0.271 e. The molecule has 0 unspecified atom stereocenters. The summed E-state index contributed by atoms with van der Waals surface area (Å²) in [5, 5.41) is 4.11. The van der Waals surface area contributed by atoms with Crippen molar-refractivity contribution < 1.29 is 18.0 Å². The summed E-state index contributed by atoms with van der Waals surface area (Å²) in [4.78, 5) is 25.9. The highest BCUT2D eigenvalue weighted by Crippen LogP contribution is 2.17. The third kappa shape index (κ3) is 5.60. The zero-order chi connectivity index (χ0) is 23.8. The summed E-state index contributed by atoms with van der Waals surface area (Å²) in [7, 11) is -3.72. The van der Waals surface area contributed by atoms with E-state index in [4.69, 9.17) is 0 Å². The van der Waals surface area contributed by atoms with Crippen LogP contribution in [0.4, 0.5) is 0 Å². The monoisotopic (exact) mass is 463 g/mol. The minimum absolute atomic E-state index is 0.0199. The fraction of sp³-hybridized carbons (Fsp3) is 0.160. The number of carbonyl (C=O) groups excluding carboxylic acids is 2. The fourth-order valence-corrected chi connectivity index (χ4v) is 4.75. The molecule has 3 aromatic rings. The van der Waals surface area contributed by atoms with Gasteiger partial charge in [-0.25, -0.2) is 13.8 Å². The lowest BCUT2D eigenvalue weighted by Gasteiger charge is -2.18. The minimum Gasteiger partial charge on any atom is -0.287 e. The summed E-state index contributed by atoms with van der Waals surface area (Å²) in [5.74, 6) is -0.971. The molecule has 0 heterocycles. The van der Waals surface area contributed by atoms with Gasteiger partial charge in [-0.15, -0.1) is 0 Å². The topological polar surface area (TPSA) is 95.9 Å². The van der Waals surface area contributed by atoms with E-state index in [1.165, 1.54) is 28.6 Å². The molecule has 0 spiro atoms. The summed E-state index contributed by atoms with van der Waals surface area (Å²) in [6, 6.07) is 23.2. The number of ketones is 1. The van der Waals surface area contributed by atoms with Gasteiger partial charge < -0.3 is 0 Å². The summed E-state index contributed by atoms with van der Waals surface area (Å²) < 4.78 is 26.9. The summed E-state index contributed by atoms with van der Waals surface area (Å²) >= 11 is 0. The summed E-state index contributed by atoms with van der Waals surface area (Å²) in [6.45, 7) is 4.14. The van der Waals surface area contributed by atoms with Gasteiger partial charge in [0.1, 0.15) is 5.71 Å². The lowest BCUT2D eigenvalue weighted by Crippen LogP contribution is -2.31. The van der Waals surface area contributed by atoms with E-state index in [0.717, 1.165) is 0 Å². The molecule has 7 nitrogen and oxygen atoms in total. The van der Waals surface area contributed by atoms with Crippen LogP contribution in [0.15, 0.2) is 94.9 Å². The van der Waals surface area contributed by atoms with Crippen molar-refractivity contribution in [2.45, 2.75) is 18.7 Å². The average molecular weight is 464 g/mol. The average Bonchev–Trinajstić information content (AvgIpc) is 2.85. The number of sulfonamides is 1.